The van der Waals surface area contributed by atoms with Gasteiger partial charge in [-0.05, 0) is 55.7 Å². The lowest BCUT2D eigenvalue weighted by Crippen LogP contribution is -2.50. The first-order valence-electron chi connectivity index (χ1n) is 9.48. The van der Waals surface area contributed by atoms with Crippen LogP contribution in [0.3, 0.4) is 0 Å². The molecular formula is C22H28N4O2. The van der Waals surface area contributed by atoms with Crippen molar-refractivity contribution >= 4 is 23.5 Å². The van der Waals surface area contributed by atoms with Crippen molar-refractivity contribution in [2.45, 2.75) is 20.8 Å². The summed E-state index contributed by atoms with van der Waals surface area (Å²) in [5, 5.41) is 2.94. The SMILES string of the molecule is C=Cc1cc(NC(=O)N2CCN(c3cc(C)cc(C)c3)CC2)c(OC)nc1C. The third-order valence-corrected chi connectivity index (χ3v) is 5.01. The first kappa shape index (κ1) is 19.7. The summed E-state index contributed by atoms with van der Waals surface area (Å²) in [5.74, 6) is 0.408. The van der Waals surface area contributed by atoms with Crippen molar-refractivity contribution in [1.29, 1.82) is 0 Å². The Morgan fingerprint density at radius 2 is 1.75 bits per heavy atom. The number of ether oxygens (including phenoxy) is 1. The fourth-order valence-electron chi connectivity index (χ4n) is 3.55. The zero-order valence-corrected chi connectivity index (χ0v) is 17.1. The highest BCUT2D eigenvalue weighted by Gasteiger charge is 2.23. The molecule has 0 atom stereocenters. The van der Waals surface area contributed by atoms with E-state index in [-0.39, 0.29) is 6.03 Å². The number of nitrogens with zero attached hydrogens (tertiary/aromatic N) is 3. The normalized spacial score (nSPS) is 14.0. The van der Waals surface area contributed by atoms with E-state index in [0.29, 0.717) is 24.7 Å². The molecular weight excluding hydrogens is 352 g/mol. The number of hydrogen-bond donors (Lipinski definition) is 1. The molecule has 0 radical (unpaired) electrons. The number of hydrogen-bond acceptors (Lipinski definition) is 4. The van der Waals surface area contributed by atoms with Gasteiger partial charge in [0, 0.05) is 37.6 Å². The van der Waals surface area contributed by atoms with Crippen LogP contribution in [0.15, 0.2) is 30.8 Å². The molecule has 6 nitrogen and oxygen atoms in total. The number of rotatable bonds is 4. The van der Waals surface area contributed by atoms with Gasteiger partial charge in [-0.1, -0.05) is 18.7 Å². The number of carbonyl (C=O) groups is 1. The Labute approximate surface area is 166 Å². The Balaban J connectivity index is 1.66. The number of piperazine rings is 1. The van der Waals surface area contributed by atoms with Crippen molar-refractivity contribution in [3.63, 3.8) is 0 Å². The fourth-order valence-corrected chi connectivity index (χ4v) is 3.55. The Morgan fingerprint density at radius 1 is 1.11 bits per heavy atom. The molecule has 1 aromatic heterocycles. The maximum absolute atomic E-state index is 12.8. The number of benzene rings is 1. The van der Waals surface area contributed by atoms with E-state index in [1.807, 2.05) is 17.9 Å². The Morgan fingerprint density at radius 3 is 2.32 bits per heavy atom. The molecule has 2 heterocycles. The van der Waals surface area contributed by atoms with Gasteiger partial charge in [0.1, 0.15) is 5.69 Å². The average Bonchev–Trinajstić information content (AvgIpc) is 2.68. The number of anilines is 2. The summed E-state index contributed by atoms with van der Waals surface area (Å²) in [6.45, 7) is 12.8. The van der Waals surface area contributed by atoms with Gasteiger partial charge in [-0.3, -0.25) is 0 Å². The predicted octanol–water partition coefficient (Wildman–Crippen LogP) is 4.01. The molecule has 1 saturated heterocycles. The van der Waals surface area contributed by atoms with E-state index in [4.69, 9.17) is 4.74 Å². The molecule has 6 heteroatoms. The number of nitrogens with one attached hydrogen (secondary N) is 1. The van der Waals surface area contributed by atoms with Gasteiger partial charge in [0.15, 0.2) is 0 Å². The third kappa shape index (κ3) is 4.27. The van der Waals surface area contributed by atoms with Crippen LogP contribution in [0.4, 0.5) is 16.2 Å². The molecule has 3 rings (SSSR count). The highest BCUT2D eigenvalue weighted by Crippen LogP contribution is 2.26. The number of aryl methyl sites for hydroxylation is 3. The van der Waals surface area contributed by atoms with Crippen molar-refractivity contribution in [1.82, 2.24) is 9.88 Å². The average molecular weight is 380 g/mol. The van der Waals surface area contributed by atoms with Crippen molar-refractivity contribution in [2.75, 3.05) is 43.5 Å². The number of urea groups is 1. The van der Waals surface area contributed by atoms with Crippen LogP contribution in [0.2, 0.25) is 0 Å². The molecule has 1 fully saturated rings. The van der Waals surface area contributed by atoms with Crippen molar-refractivity contribution in [2.24, 2.45) is 0 Å². The van der Waals surface area contributed by atoms with Gasteiger partial charge in [0.25, 0.3) is 0 Å². The third-order valence-electron chi connectivity index (χ3n) is 5.01. The van der Waals surface area contributed by atoms with Gasteiger partial charge in [-0.15, -0.1) is 0 Å². The van der Waals surface area contributed by atoms with Crippen LogP contribution < -0.4 is 15.0 Å². The summed E-state index contributed by atoms with van der Waals surface area (Å²) in [7, 11) is 1.55. The summed E-state index contributed by atoms with van der Waals surface area (Å²) in [6.07, 6.45) is 1.72. The van der Waals surface area contributed by atoms with E-state index in [2.05, 4.69) is 53.8 Å². The van der Waals surface area contributed by atoms with Crippen LogP contribution in [0.1, 0.15) is 22.4 Å². The van der Waals surface area contributed by atoms with E-state index in [1.165, 1.54) is 16.8 Å². The minimum atomic E-state index is -0.140. The molecule has 0 bridgehead atoms. The minimum Gasteiger partial charge on any atom is -0.480 e. The van der Waals surface area contributed by atoms with Crippen molar-refractivity contribution < 1.29 is 9.53 Å². The van der Waals surface area contributed by atoms with Crippen LogP contribution in [0, 0.1) is 20.8 Å². The number of amides is 2. The molecule has 1 aromatic carbocycles. The van der Waals surface area contributed by atoms with Gasteiger partial charge < -0.3 is 19.9 Å². The standard InChI is InChI=1S/C22H28N4O2/c1-6-18-14-20(21(28-5)23-17(18)4)24-22(27)26-9-7-25(8-10-26)19-12-15(2)11-16(3)13-19/h6,11-14H,1,7-10H2,2-5H3,(H,24,27). The number of pyridine rings is 1. The first-order valence-corrected chi connectivity index (χ1v) is 9.48. The highest BCUT2D eigenvalue weighted by molar-refractivity contribution is 5.91. The van der Waals surface area contributed by atoms with Gasteiger partial charge in [-0.2, -0.15) is 0 Å². The molecule has 2 amide bonds. The maximum atomic E-state index is 12.8. The Bertz CT molecular complexity index is 866. The molecule has 148 valence electrons. The second-order valence-corrected chi connectivity index (χ2v) is 7.17. The van der Waals surface area contributed by atoms with Gasteiger partial charge in [0.2, 0.25) is 5.88 Å². The fraction of sp³-hybridized carbons (Fsp3) is 0.364. The van der Waals surface area contributed by atoms with Crippen LogP contribution in [-0.2, 0) is 0 Å². The highest BCUT2D eigenvalue weighted by atomic mass is 16.5. The van der Waals surface area contributed by atoms with E-state index >= 15 is 0 Å². The molecule has 0 saturated carbocycles. The van der Waals surface area contributed by atoms with Crippen molar-refractivity contribution in [3.05, 3.63) is 53.2 Å². The largest absolute Gasteiger partial charge is 0.480 e. The quantitative estimate of drug-likeness (QED) is 0.871. The van der Waals surface area contributed by atoms with Crippen LogP contribution in [0.5, 0.6) is 5.88 Å². The molecule has 0 unspecified atom stereocenters. The van der Waals surface area contributed by atoms with Gasteiger partial charge in [-0.25, -0.2) is 9.78 Å². The molecule has 1 N–H and O–H groups in total. The summed E-state index contributed by atoms with van der Waals surface area (Å²) in [6, 6.07) is 8.27. The lowest BCUT2D eigenvalue weighted by Gasteiger charge is -2.36. The van der Waals surface area contributed by atoms with Crippen LogP contribution in [0.25, 0.3) is 6.08 Å². The monoisotopic (exact) mass is 380 g/mol. The molecule has 2 aromatic rings. The van der Waals surface area contributed by atoms with E-state index in [1.54, 1.807) is 13.2 Å². The summed E-state index contributed by atoms with van der Waals surface area (Å²) < 4.78 is 5.32. The maximum Gasteiger partial charge on any atom is 0.322 e. The Hall–Kier alpha value is -3.02. The summed E-state index contributed by atoms with van der Waals surface area (Å²) >= 11 is 0. The van der Waals surface area contributed by atoms with Crippen molar-refractivity contribution in [3.8, 4) is 5.88 Å². The zero-order valence-electron chi connectivity index (χ0n) is 17.1. The second-order valence-electron chi connectivity index (χ2n) is 7.17. The Kier molecular flexibility index (Phi) is 5.87. The van der Waals surface area contributed by atoms with E-state index < -0.39 is 0 Å². The lowest BCUT2D eigenvalue weighted by molar-refractivity contribution is 0.208. The van der Waals surface area contributed by atoms with Crippen LogP contribution in [-0.4, -0.2) is 49.2 Å². The number of methoxy groups -OCH3 is 1. The zero-order chi connectivity index (χ0) is 20.3. The second kappa shape index (κ2) is 8.33. The topological polar surface area (TPSA) is 57.7 Å². The molecule has 1 aliphatic heterocycles. The van der Waals surface area contributed by atoms with Gasteiger partial charge in [0.05, 0.1) is 7.11 Å². The van der Waals surface area contributed by atoms with Crippen LogP contribution >= 0.6 is 0 Å². The summed E-state index contributed by atoms with van der Waals surface area (Å²) in [4.78, 5) is 21.3. The number of aromatic nitrogens is 1. The smallest absolute Gasteiger partial charge is 0.322 e. The lowest BCUT2D eigenvalue weighted by atomic mass is 10.1. The molecule has 28 heavy (non-hydrogen) atoms. The molecule has 0 aliphatic carbocycles. The van der Waals surface area contributed by atoms with Gasteiger partial charge >= 0.3 is 6.03 Å². The van der Waals surface area contributed by atoms with E-state index in [0.717, 1.165) is 24.3 Å². The predicted molar refractivity (Wildman–Crippen MR) is 114 cm³/mol. The first-order chi connectivity index (χ1) is 13.4. The molecule has 0 spiro atoms. The minimum absolute atomic E-state index is 0.140. The number of carbonyl (C=O) groups excluding carboxylic acids is 1. The summed E-state index contributed by atoms with van der Waals surface area (Å²) in [5.41, 5.74) is 5.98. The van der Waals surface area contributed by atoms with E-state index in [9.17, 15) is 4.79 Å². The molecule has 1 aliphatic rings.